The Kier molecular flexibility index (Phi) is 4.63. The van der Waals surface area contributed by atoms with Crippen molar-refractivity contribution in [2.75, 3.05) is 6.54 Å². The van der Waals surface area contributed by atoms with E-state index in [1.165, 1.54) is 0 Å². The van der Waals surface area contributed by atoms with Gasteiger partial charge in [-0.3, -0.25) is 0 Å². The summed E-state index contributed by atoms with van der Waals surface area (Å²) in [4.78, 5) is 0.456. The van der Waals surface area contributed by atoms with Crippen LogP contribution in [0.25, 0.3) is 0 Å². The lowest BCUT2D eigenvalue weighted by Crippen LogP contribution is -2.47. The maximum absolute atomic E-state index is 12.8. The molecule has 0 aliphatic heterocycles. The minimum atomic E-state index is -3.23. The van der Waals surface area contributed by atoms with Gasteiger partial charge in [-0.05, 0) is 43.9 Å². The Hall–Kier alpha value is -0.870. The summed E-state index contributed by atoms with van der Waals surface area (Å²) in [5.74, 6) is 0.485. The molecule has 1 saturated carbocycles. The summed E-state index contributed by atoms with van der Waals surface area (Å²) >= 11 is 0. The highest BCUT2D eigenvalue weighted by Crippen LogP contribution is 2.32. The van der Waals surface area contributed by atoms with Gasteiger partial charge in [0.05, 0.1) is 10.1 Å². The van der Waals surface area contributed by atoms with Crippen LogP contribution in [0.1, 0.15) is 33.1 Å². The predicted octanol–water partition coefficient (Wildman–Crippen LogP) is 2.63. The fourth-order valence-electron chi connectivity index (χ4n) is 2.95. The van der Waals surface area contributed by atoms with E-state index >= 15 is 0 Å². The molecule has 0 heterocycles. The van der Waals surface area contributed by atoms with Gasteiger partial charge in [0.15, 0.2) is 9.84 Å². The first-order valence-electron chi connectivity index (χ1n) is 7.08. The van der Waals surface area contributed by atoms with E-state index in [-0.39, 0.29) is 11.3 Å². The minimum Gasteiger partial charge on any atom is -0.313 e. The van der Waals surface area contributed by atoms with Crippen LogP contribution in [0.15, 0.2) is 35.2 Å². The van der Waals surface area contributed by atoms with Crippen LogP contribution in [-0.4, -0.2) is 26.3 Å². The third kappa shape index (κ3) is 3.18. The zero-order valence-corrected chi connectivity index (χ0v) is 12.5. The number of nitrogens with one attached hydrogen (secondary N) is 1. The Labute approximate surface area is 116 Å². The zero-order chi connectivity index (χ0) is 13.9. The molecule has 1 aliphatic rings. The molecule has 0 bridgehead atoms. The normalized spacial score (nSPS) is 28.2. The molecule has 3 atom stereocenters. The van der Waals surface area contributed by atoms with Crippen molar-refractivity contribution in [3.05, 3.63) is 30.3 Å². The van der Waals surface area contributed by atoms with Crippen molar-refractivity contribution in [3.8, 4) is 0 Å². The van der Waals surface area contributed by atoms with Crippen molar-refractivity contribution in [1.29, 1.82) is 0 Å². The van der Waals surface area contributed by atoms with Crippen LogP contribution in [0, 0.1) is 5.92 Å². The van der Waals surface area contributed by atoms with Gasteiger partial charge in [-0.25, -0.2) is 8.42 Å². The van der Waals surface area contributed by atoms with Crippen LogP contribution >= 0.6 is 0 Å². The van der Waals surface area contributed by atoms with Crippen LogP contribution in [0.5, 0.6) is 0 Å². The largest absolute Gasteiger partial charge is 0.313 e. The van der Waals surface area contributed by atoms with Gasteiger partial charge in [-0.15, -0.1) is 0 Å². The lowest BCUT2D eigenvalue weighted by Gasteiger charge is -2.35. The molecule has 106 valence electrons. The summed E-state index contributed by atoms with van der Waals surface area (Å²) in [6.07, 6.45) is 2.82. The van der Waals surface area contributed by atoms with Gasteiger partial charge in [0.25, 0.3) is 0 Å². The van der Waals surface area contributed by atoms with Gasteiger partial charge >= 0.3 is 0 Å². The van der Waals surface area contributed by atoms with Crippen LogP contribution in [0.4, 0.5) is 0 Å². The first-order chi connectivity index (χ1) is 9.05. The number of sulfone groups is 1. The molecule has 1 aromatic rings. The molecule has 3 nitrogen and oxygen atoms in total. The molecule has 0 aromatic heterocycles. The Morgan fingerprint density at radius 2 is 1.89 bits per heavy atom. The highest BCUT2D eigenvalue weighted by Gasteiger charge is 2.38. The lowest BCUT2D eigenvalue weighted by molar-refractivity contribution is 0.311. The van der Waals surface area contributed by atoms with E-state index in [9.17, 15) is 8.42 Å². The van der Waals surface area contributed by atoms with Crippen molar-refractivity contribution in [2.24, 2.45) is 5.92 Å². The Morgan fingerprint density at radius 1 is 1.21 bits per heavy atom. The van der Waals surface area contributed by atoms with Crippen molar-refractivity contribution >= 4 is 9.84 Å². The molecule has 0 saturated heterocycles. The Balaban J connectivity index is 2.30. The van der Waals surface area contributed by atoms with E-state index in [1.807, 2.05) is 13.0 Å². The summed E-state index contributed by atoms with van der Waals surface area (Å²) < 4.78 is 25.6. The summed E-state index contributed by atoms with van der Waals surface area (Å²) in [7, 11) is -3.23. The van der Waals surface area contributed by atoms with Crippen LogP contribution in [0.2, 0.25) is 0 Å². The van der Waals surface area contributed by atoms with E-state index in [4.69, 9.17) is 0 Å². The first-order valence-corrected chi connectivity index (χ1v) is 8.62. The Morgan fingerprint density at radius 3 is 2.53 bits per heavy atom. The highest BCUT2D eigenvalue weighted by atomic mass is 32.2. The predicted molar refractivity (Wildman–Crippen MR) is 77.9 cm³/mol. The maximum Gasteiger partial charge on any atom is 0.182 e. The molecule has 1 N–H and O–H groups in total. The molecule has 1 aromatic carbocycles. The molecule has 19 heavy (non-hydrogen) atoms. The molecule has 0 radical (unpaired) electrons. The van der Waals surface area contributed by atoms with E-state index in [0.717, 1.165) is 25.8 Å². The van der Waals surface area contributed by atoms with E-state index in [1.54, 1.807) is 24.3 Å². The van der Waals surface area contributed by atoms with Gasteiger partial charge in [0, 0.05) is 6.04 Å². The topological polar surface area (TPSA) is 46.2 Å². The molecular weight excluding hydrogens is 258 g/mol. The summed E-state index contributed by atoms with van der Waals surface area (Å²) in [6, 6.07) is 8.94. The number of hydrogen-bond acceptors (Lipinski definition) is 3. The lowest BCUT2D eigenvalue weighted by atomic mass is 9.87. The van der Waals surface area contributed by atoms with Gasteiger partial charge < -0.3 is 5.32 Å². The molecule has 1 aliphatic carbocycles. The molecule has 1 fully saturated rings. The highest BCUT2D eigenvalue weighted by molar-refractivity contribution is 7.92. The molecule has 0 spiro atoms. The van der Waals surface area contributed by atoms with E-state index < -0.39 is 9.84 Å². The van der Waals surface area contributed by atoms with Gasteiger partial charge in [0.1, 0.15) is 0 Å². The molecule has 4 heteroatoms. The number of hydrogen-bond donors (Lipinski definition) is 1. The Bertz CT molecular complexity index is 498. The number of benzene rings is 1. The SMILES string of the molecule is CCNC1CCC(C)CC1S(=O)(=O)c1ccccc1. The first kappa shape index (κ1) is 14.5. The molecular formula is C15H23NO2S. The van der Waals surface area contributed by atoms with Crippen molar-refractivity contribution < 1.29 is 8.42 Å². The van der Waals surface area contributed by atoms with E-state index in [0.29, 0.717) is 10.8 Å². The molecule has 2 rings (SSSR count). The fraction of sp³-hybridized carbons (Fsp3) is 0.600. The zero-order valence-electron chi connectivity index (χ0n) is 11.7. The summed E-state index contributed by atoms with van der Waals surface area (Å²) in [6.45, 7) is 5.00. The second-order valence-electron chi connectivity index (χ2n) is 5.48. The van der Waals surface area contributed by atoms with Gasteiger partial charge in [-0.1, -0.05) is 32.0 Å². The third-order valence-electron chi connectivity index (χ3n) is 3.99. The summed E-state index contributed by atoms with van der Waals surface area (Å²) in [5, 5.41) is 3.06. The third-order valence-corrected chi connectivity index (χ3v) is 6.24. The number of rotatable bonds is 4. The second kappa shape index (κ2) is 6.06. The minimum absolute atomic E-state index is 0.0893. The van der Waals surface area contributed by atoms with Crippen molar-refractivity contribution in [2.45, 2.75) is 49.3 Å². The van der Waals surface area contributed by atoms with E-state index in [2.05, 4.69) is 12.2 Å². The smallest absolute Gasteiger partial charge is 0.182 e. The van der Waals surface area contributed by atoms with Crippen LogP contribution < -0.4 is 5.32 Å². The monoisotopic (exact) mass is 281 g/mol. The molecule has 0 amide bonds. The molecule has 3 unspecified atom stereocenters. The maximum atomic E-state index is 12.8. The van der Waals surface area contributed by atoms with Crippen molar-refractivity contribution in [3.63, 3.8) is 0 Å². The average molecular weight is 281 g/mol. The van der Waals surface area contributed by atoms with Crippen LogP contribution in [-0.2, 0) is 9.84 Å². The van der Waals surface area contributed by atoms with Crippen molar-refractivity contribution in [1.82, 2.24) is 5.32 Å². The average Bonchev–Trinajstić information content (AvgIpc) is 2.42. The standard InChI is InChI=1S/C15H23NO2S/c1-3-16-14-10-9-12(2)11-15(14)19(17,18)13-7-5-4-6-8-13/h4-8,12,14-16H,3,9-11H2,1-2H3. The van der Waals surface area contributed by atoms with Gasteiger partial charge in [-0.2, -0.15) is 0 Å². The summed E-state index contributed by atoms with van der Waals surface area (Å²) in [5.41, 5.74) is 0. The fourth-order valence-corrected chi connectivity index (χ4v) is 5.09. The quantitative estimate of drug-likeness (QED) is 0.923. The second-order valence-corrected chi connectivity index (χ2v) is 7.65. The van der Waals surface area contributed by atoms with Gasteiger partial charge in [0.2, 0.25) is 0 Å². The van der Waals surface area contributed by atoms with Crippen LogP contribution in [0.3, 0.4) is 0 Å².